The number of carbonyl (C=O) groups excluding carboxylic acids is 1. The van der Waals surface area contributed by atoms with Crippen molar-refractivity contribution in [1.29, 1.82) is 0 Å². The fourth-order valence-electron chi connectivity index (χ4n) is 3.50. The van der Waals surface area contributed by atoms with Crippen molar-refractivity contribution < 1.29 is 14.3 Å². The third-order valence-electron chi connectivity index (χ3n) is 5.04. The molecule has 2 aromatic carbocycles. The molecule has 0 bridgehead atoms. The van der Waals surface area contributed by atoms with Gasteiger partial charge in [-0.25, -0.2) is 0 Å². The van der Waals surface area contributed by atoms with Crippen molar-refractivity contribution in [3.8, 4) is 11.5 Å². The standard InChI is InChI=1S/C21H25ClN2O3/c1-4-23-9-10-24(14-20(23)15-5-7-17(22)8-6-15)21(25)16-11-18(26-2)13-19(12-16)27-3/h5-8,11-13,20H,4,9-10,14H2,1-3H3. The first kappa shape index (κ1) is 19.5. The minimum atomic E-state index is -0.0121. The van der Waals surface area contributed by atoms with Crippen LogP contribution in [-0.4, -0.2) is 56.1 Å². The van der Waals surface area contributed by atoms with Crippen LogP contribution in [0.3, 0.4) is 0 Å². The van der Waals surface area contributed by atoms with Crippen LogP contribution < -0.4 is 9.47 Å². The van der Waals surface area contributed by atoms with Crippen LogP contribution >= 0.6 is 11.6 Å². The van der Waals surface area contributed by atoms with Gasteiger partial charge >= 0.3 is 0 Å². The lowest BCUT2D eigenvalue weighted by Crippen LogP contribution is -2.50. The van der Waals surface area contributed by atoms with Crippen LogP contribution in [0.4, 0.5) is 0 Å². The molecule has 1 saturated heterocycles. The molecule has 1 heterocycles. The van der Waals surface area contributed by atoms with Crippen molar-refractivity contribution in [1.82, 2.24) is 9.80 Å². The monoisotopic (exact) mass is 388 g/mol. The highest BCUT2D eigenvalue weighted by Crippen LogP contribution is 2.29. The van der Waals surface area contributed by atoms with Gasteiger partial charge in [0.2, 0.25) is 0 Å². The summed E-state index contributed by atoms with van der Waals surface area (Å²) in [7, 11) is 3.17. The summed E-state index contributed by atoms with van der Waals surface area (Å²) in [5, 5.41) is 0.717. The van der Waals surface area contributed by atoms with Crippen molar-refractivity contribution in [2.24, 2.45) is 0 Å². The molecule has 0 aromatic heterocycles. The molecular weight excluding hydrogens is 364 g/mol. The summed E-state index contributed by atoms with van der Waals surface area (Å²) in [6, 6.07) is 13.3. The number of carbonyl (C=O) groups is 1. The van der Waals surface area contributed by atoms with Crippen LogP contribution in [0.5, 0.6) is 11.5 Å². The number of rotatable bonds is 5. The molecule has 0 aliphatic carbocycles. The second-order valence-electron chi connectivity index (χ2n) is 6.55. The van der Waals surface area contributed by atoms with Crippen LogP contribution in [0.1, 0.15) is 28.9 Å². The average Bonchev–Trinajstić information content (AvgIpc) is 2.72. The van der Waals surface area contributed by atoms with Gasteiger partial charge in [-0.2, -0.15) is 0 Å². The van der Waals surface area contributed by atoms with E-state index in [4.69, 9.17) is 21.1 Å². The summed E-state index contributed by atoms with van der Waals surface area (Å²) in [4.78, 5) is 17.4. The molecule has 5 nitrogen and oxygen atoms in total. The smallest absolute Gasteiger partial charge is 0.254 e. The first-order chi connectivity index (χ1) is 13.0. The normalized spacial score (nSPS) is 17.6. The number of benzene rings is 2. The highest BCUT2D eigenvalue weighted by Gasteiger charge is 2.30. The van der Waals surface area contributed by atoms with E-state index < -0.39 is 0 Å². The summed E-state index contributed by atoms with van der Waals surface area (Å²) in [6.45, 7) is 5.23. The Morgan fingerprint density at radius 3 is 2.26 bits per heavy atom. The van der Waals surface area contributed by atoms with Crippen LogP contribution in [-0.2, 0) is 0 Å². The topological polar surface area (TPSA) is 42.0 Å². The fraction of sp³-hybridized carbons (Fsp3) is 0.381. The quantitative estimate of drug-likeness (QED) is 0.779. The molecule has 1 amide bonds. The first-order valence-electron chi connectivity index (χ1n) is 9.07. The molecule has 0 spiro atoms. The molecule has 2 aromatic rings. The molecule has 27 heavy (non-hydrogen) atoms. The predicted octanol–water partition coefficient (Wildman–Crippen LogP) is 3.88. The molecule has 6 heteroatoms. The van der Waals surface area contributed by atoms with Gasteiger partial charge in [-0.05, 0) is 36.4 Å². The second kappa shape index (κ2) is 8.63. The van der Waals surface area contributed by atoms with Crippen LogP contribution in [0.2, 0.25) is 5.02 Å². The number of hydrogen-bond acceptors (Lipinski definition) is 4. The summed E-state index contributed by atoms with van der Waals surface area (Å²) in [6.07, 6.45) is 0. The Labute approximate surface area is 165 Å². The van der Waals surface area contributed by atoms with E-state index in [1.54, 1.807) is 32.4 Å². The molecule has 0 radical (unpaired) electrons. The summed E-state index contributed by atoms with van der Waals surface area (Å²) >= 11 is 6.04. The lowest BCUT2D eigenvalue weighted by atomic mass is 10.0. The van der Waals surface area contributed by atoms with Gasteiger partial charge in [0.1, 0.15) is 11.5 Å². The van der Waals surface area contributed by atoms with E-state index in [2.05, 4.69) is 11.8 Å². The maximum Gasteiger partial charge on any atom is 0.254 e. The van der Waals surface area contributed by atoms with Crippen LogP contribution in [0, 0.1) is 0 Å². The van der Waals surface area contributed by atoms with Crippen molar-refractivity contribution in [3.63, 3.8) is 0 Å². The number of methoxy groups -OCH3 is 2. The summed E-state index contributed by atoms with van der Waals surface area (Å²) in [5.41, 5.74) is 1.74. The molecule has 1 unspecified atom stereocenters. The number of halogens is 1. The average molecular weight is 389 g/mol. The third kappa shape index (κ3) is 4.37. The zero-order valence-electron chi connectivity index (χ0n) is 15.9. The zero-order chi connectivity index (χ0) is 19.4. The van der Waals surface area contributed by atoms with E-state index in [1.165, 1.54) is 5.56 Å². The Hall–Kier alpha value is -2.24. The third-order valence-corrected chi connectivity index (χ3v) is 5.29. The minimum absolute atomic E-state index is 0.0121. The van der Waals surface area contributed by atoms with Gasteiger partial charge in [0.25, 0.3) is 5.91 Å². The maximum absolute atomic E-state index is 13.1. The number of nitrogens with zero attached hydrogens (tertiary/aromatic N) is 2. The Kier molecular flexibility index (Phi) is 6.24. The lowest BCUT2D eigenvalue weighted by Gasteiger charge is -2.41. The Balaban J connectivity index is 1.84. The van der Waals surface area contributed by atoms with Crippen molar-refractivity contribution >= 4 is 17.5 Å². The molecule has 3 rings (SSSR count). The number of piperazine rings is 1. The second-order valence-corrected chi connectivity index (χ2v) is 6.98. The number of ether oxygens (including phenoxy) is 2. The number of amides is 1. The van der Waals surface area contributed by atoms with Gasteiger partial charge in [-0.1, -0.05) is 30.7 Å². The molecule has 0 saturated carbocycles. The zero-order valence-corrected chi connectivity index (χ0v) is 16.7. The largest absolute Gasteiger partial charge is 0.497 e. The molecular formula is C21H25ClN2O3. The van der Waals surface area contributed by atoms with Gasteiger partial charge in [-0.3, -0.25) is 9.69 Å². The van der Waals surface area contributed by atoms with E-state index >= 15 is 0 Å². The highest BCUT2D eigenvalue weighted by atomic mass is 35.5. The van der Waals surface area contributed by atoms with Gasteiger partial charge in [0, 0.05) is 36.3 Å². The lowest BCUT2D eigenvalue weighted by molar-refractivity contribution is 0.0494. The molecule has 144 valence electrons. The van der Waals surface area contributed by atoms with E-state index in [1.807, 2.05) is 29.2 Å². The molecule has 1 atom stereocenters. The Morgan fingerprint density at radius 1 is 1.07 bits per heavy atom. The molecule has 1 aliphatic rings. The molecule has 1 fully saturated rings. The van der Waals surface area contributed by atoms with Gasteiger partial charge in [0.15, 0.2) is 0 Å². The number of likely N-dealkylation sites (N-methyl/N-ethyl adjacent to an activating group) is 1. The van der Waals surface area contributed by atoms with Gasteiger partial charge in [-0.15, -0.1) is 0 Å². The first-order valence-corrected chi connectivity index (χ1v) is 9.45. The van der Waals surface area contributed by atoms with Crippen molar-refractivity contribution in [3.05, 3.63) is 58.6 Å². The summed E-state index contributed by atoms with van der Waals surface area (Å²) < 4.78 is 10.6. The van der Waals surface area contributed by atoms with E-state index in [0.29, 0.717) is 35.2 Å². The number of hydrogen-bond donors (Lipinski definition) is 0. The maximum atomic E-state index is 13.1. The molecule has 0 N–H and O–H groups in total. The SMILES string of the molecule is CCN1CCN(C(=O)c2cc(OC)cc(OC)c2)CC1c1ccc(Cl)cc1. The van der Waals surface area contributed by atoms with E-state index in [0.717, 1.165) is 13.1 Å². The molecule has 1 aliphatic heterocycles. The van der Waals surface area contributed by atoms with E-state index in [-0.39, 0.29) is 11.9 Å². The van der Waals surface area contributed by atoms with Crippen molar-refractivity contribution in [2.45, 2.75) is 13.0 Å². The van der Waals surface area contributed by atoms with Gasteiger partial charge < -0.3 is 14.4 Å². The fourth-order valence-corrected chi connectivity index (χ4v) is 3.62. The predicted molar refractivity (Wildman–Crippen MR) is 107 cm³/mol. The van der Waals surface area contributed by atoms with E-state index in [9.17, 15) is 4.79 Å². The van der Waals surface area contributed by atoms with Gasteiger partial charge in [0.05, 0.1) is 20.3 Å². The Bertz CT molecular complexity index is 772. The van der Waals surface area contributed by atoms with Crippen molar-refractivity contribution in [2.75, 3.05) is 40.4 Å². The summed E-state index contributed by atoms with van der Waals surface area (Å²) in [5.74, 6) is 1.21. The van der Waals surface area contributed by atoms with Crippen LogP contribution in [0.25, 0.3) is 0 Å². The minimum Gasteiger partial charge on any atom is -0.497 e. The highest BCUT2D eigenvalue weighted by molar-refractivity contribution is 6.30. The Morgan fingerprint density at radius 2 is 1.70 bits per heavy atom. The van der Waals surface area contributed by atoms with Crippen LogP contribution in [0.15, 0.2) is 42.5 Å².